The van der Waals surface area contributed by atoms with Crippen LogP contribution in [0.3, 0.4) is 0 Å². The molecule has 0 aliphatic carbocycles. The maximum atomic E-state index is 11.3. The van der Waals surface area contributed by atoms with Crippen molar-refractivity contribution in [2.24, 2.45) is 23.7 Å². The Morgan fingerprint density at radius 2 is 1.37 bits per heavy atom. The van der Waals surface area contributed by atoms with Crippen molar-refractivity contribution in [1.29, 1.82) is 0 Å². The van der Waals surface area contributed by atoms with E-state index in [1.165, 1.54) is 19.3 Å². The van der Waals surface area contributed by atoms with Crippen LogP contribution >= 0.6 is 0 Å². The number of hydrogen-bond acceptors (Lipinski definition) is 9. The van der Waals surface area contributed by atoms with Gasteiger partial charge in [-0.05, 0) is 129 Å². The average molecular weight is 695 g/mol. The van der Waals surface area contributed by atoms with E-state index in [0.717, 1.165) is 95.3 Å². The number of aliphatic hydroxyl groups is 2. The van der Waals surface area contributed by atoms with Crippen molar-refractivity contribution in [3.8, 4) is 11.5 Å². The fraction of sp³-hybridized carbons (Fsp3) is 0.524. The van der Waals surface area contributed by atoms with Crippen LogP contribution in [0.5, 0.6) is 11.5 Å². The van der Waals surface area contributed by atoms with E-state index in [1.54, 1.807) is 19.5 Å². The molecule has 4 bridgehead atoms. The van der Waals surface area contributed by atoms with E-state index in [1.807, 2.05) is 55.5 Å². The number of methoxy groups -OCH3 is 1. The van der Waals surface area contributed by atoms with Crippen LogP contribution in [0.15, 0.2) is 73.6 Å². The SMILES string of the molecule is C=CC1CN2CCC1CC2[C@@H](O)c1ccnc2ccc(OCC)cc12.CCC1CN2CCC1CC2[C@@H](O)c1ccnc2ccc(OCOC)cc12. The fourth-order valence-electron chi connectivity index (χ4n) is 9.37. The Balaban J connectivity index is 0.000000159. The normalized spacial score (nSPS) is 29.3. The smallest absolute Gasteiger partial charge is 0.188 e. The third kappa shape index (κ3) is 7.37. The number of piperidine rings is 6. The molecule has 10 rings (SSSR count). The number of rotatable bonds is 11. The summed E-state index contributed by atoms with van der Waals surface area (Å²) < 4.78 is 16.2. The molecular weight excluding hydrogens is 640 g/mol. The van der Waals surface area contributed by atoms with Crippen LogP contribution in [0.1, 0.15) is 69.3 Å². The molecule has 8 unspecified atom stereocenters. The van der Waals surface area contributed by atoms with Gasteiger partial charge in [-0.15, -0.1) is 6.58 Å². The molecule has 9 heteroatoms. The molecule has 2 aromatic heterocycles. The Kier molecular flexibility index (Phi) is 11.2. The summed E-state index contributed by atoms with van der Waals surface area (Å²) in [6, 6.07) is 16.0. The number of aliphatic hydroxyl groups excluding tert-OH is 2. The monoisotopic (exact) mass is 694 g/mol. The number of benzene rings is 2. The molecule has 6 aliphatic rings. The number of aromatic nitrogens is 2. The summed E-state index contributed by atoms with van der Waals surface area (Å²) in [7, 11) is 1.61. The predicted molar refractivity (Wildman–Crippen MR) is 201 cm³/mol. The molecule has 0 spiro atoms. The number of nitrogens with zero attached hydrogens (tertiary/aromatic N) is 4. The van der Waals surface area contributed by atoms with E-state index in [4.69, 9.17) is 14.2 Å². The summed E-state index contributed by atoms with van der Waals surface area (Å²) in [5.74, 6) is 4.31. The summed E-state index contributed by atoms with van der Waals surface area (Å²) in [4.78, 5) is 13.8. The van der Waals surface area contributed by atoms with Crippen molar-refractivity contribution in [2.75, 3.05) is 46.7 Å². The highest BCUT2D eigenvalue weighted by atomic mass is 16.7. The van der Waals surface area contributed by atoms with Crippen LogP contribution < -0.4 is 9.47 Å². The first-order valence-electron chi connectivity index (χ1n) is 18.9. The van der Waals surface area contributed by atoms with Crippen molar-refractivity contribution < 1.29 is 24.4 Å². The summed E-state index contributed by atoms with van der Waals surface area (Å²) in [5, 5.41) is 24.4. The molecule has 10 atom stereocenters. The Hall–Kier alpha value is -3.60. The van der Waals surface area contributed by atoms with Gasteiger partial charge in [0.05, 0.1) is 29.8 Å². The molecular formula is C42H54N4O5. The standard InChI is InChI=1S/C21H28N2O3.C21H26N2O2/c1-3-14-12-23-9-7-15(14)10-20(23)21(24)17-6-8-22-19-5-4-16(11-18(17)19)26-13-25-2;1-3-14-13-23-10-8-15(14)11-20(23)21(24)17-7-9-22-19-6-5-16(25-4-2)12-18(17)19/h4-6,8,11,14-15,20-21,24H,3,7,9-10,12-13H2,1-2H3;3,5-7,9,12,14-15,20-21,24H,1,4,8,10-11,13H2,2H3/t2*14?,15?,20?,21-/m00/s1. The quantitative estimate of drug-likeness (QED) is 0.128. The Bertz CT molecular complexity index is 1800. The maximum Gasteiger partial charge on any atom is 0.188 e. The van der Waals surface area contributed by atoms with Gasteiger partial charge in [-0.25, -0.2) is 0 Å². The lowest BCUT2D eigenvalue weighted by atomic mass is 9.72. The summed E-state index contributed by atoms with van der Waals surface area (Å²) in [6.07, 6.45) is 10.5. The van der Waals surface area contributed by atoms with Crippen LogP contribution in [0.25, 0.3) is 21.8 Å². The highest BCUT2D eigenvalue weighted by Crippen LogP contribution is 2.44. The molecule has 8 heterocycles. The second-order valence-corrected chi connectivity index (χ2v) is 14.8. The predicted octanol–water partition coefficient (Wildman–Crippen LogP) is 6.93. The van der Waals surface area contributed by atoms with Gasteiger partial charge in [0.25, 0.3) is 0 Å². The van der Waals surface area contributed by atoms with Gasteiger partial charge in [0.15, 0.2) is 6.79 Å². The molecule has 0 radical (unpaired) electrons. The Morgan fingerprint density at radius 1 is 0.804 bits per heavy atom. The van der Waals surface area contributed by atoms with Gasteiger partial charge in [-0.1, -0.05) is 19.4 Å². The highest BCUT2D eigenvalue weighted by molar-refractivity contribution is 5.84. The summed E-state index contributed by atoms with van der Waals surface area (Å²) in [5.41, 5.74) is 3.69. The molecule has 0 saturated carbocycles. The van der Waals surface area contributed by atoms with Crippen molar-refractivity contribution >= 4 is 21.8 Å². The first-order valence-corrected chi connectivity index (χ1v) is 18.9. The fourth-order valence-corrected chi connectivity index (χ4v) is 9.37. The van der Waals surface area contributed by atoms with E-state index in [-0.39, 0.29) is 18.9 Å². The van der Waals surface area contributed by atoms with Gasteiger partial charge in [0.1, 0.15) is 11.5 Å². The van der Waals surface area contributed by atoms with Gasteiger partial charge in [-0.2, -0.15) is 0 Å². The van der Waals surface area contributed by atoms with Gasteiger partial charge in [0, 0.05) is 55.4 Å². The number of hydrogen-bond donors (Lipinski definition) is 2. The molecule has 4 aromatic rings. The third-order valence-corrected chi connectivity index (χ3v) is 12.1. The molecule has 0 amide bonds. The number of pyridine rings is 2. The minimum Gasteiger partial charge on any atom is -0.494 e. The van der Waals surface area contributed by atoms with Crippen molar-refractivity contribution in [3.05, 3.63) is 84.7 Å². The van der Waals surface area contributed by atoms with Crippen LogP contribution in [-0.2, 0) is 4.74 Å². The second-order valence-electron chi connectivity index (χ2n) is 14.8. The summed E-state index contributed by atoms with van der Waals surface area (Å²) in [6.45, 7) is 13.4. The molecule has 6 fully saturated rings. The minimum absolute atomic E-state index is 0.177. The highest BCUT2D eigenvalue weighted by Gasteiger charge is 2.43. The van der Waals surface area contributed by atoms with E-state index in [9.17, 15) is 10.2 Å². The Labute approximate surface area is 302 Å². The number of ether oxygens (including phenoxy) is 3. The van der Waals surface area contributed by atoms with Crippen molar-refractivity contribution in [2.45, 2.75) is 70.2 Å². The van der Waals surface area contributed by atoms with Crippen molar-refractivity contribution in [1.82, 2.24) is 19.8 Å². The lowest BCUT2D eigenvalue weighted by Crippen LogP contribution is -2.55. The van der Waals surface area contributed by atoms with Crippen molar-refractivity contribution in [3.63, 3.8) is 0 Å². The largest absolute Gasteiger partial charge is 0.494 e. The van der Waals surface area contributed by atoms with E-state index >= 15 is 0 Å². The average Bonchev–Trinajstić information content (AvgIpc) is 3.19. The minimum atomic E-state index is -0.504. The number of fused-ring (bicyclic) bond motifs is 8. The van der Waals surface area contributed by atoms with Gasteiger partial charge in [0.2, 0.25) is 0 Å². The maximum absolute atomic E-state index is 11.3. The lowest BCUT2D eigenvalue weighted by Gasteiger charge is -2.51. The molecule has 9 nitrogen and oxygen atoms in total. The first-order chi connectivity index (χ1) is 24.9. The van der Waals surface area contributed by atoms with E-state index < -0.39 is 12.2 Å². The van der Waals surface area contributed by atoms with E-state index in [0.29, 0.717) is 18.4 Å². The first kappa shape index (κ1) is 35.8. The molecule has 51 heavy (non-hydrogen) atoms. The molecule has 2 aromatic carbocycles. The van der Waals surface area contributed by atoms with Crippen LogP contribution in [0, 0.1) is 23.7 Å². The topological polar surface area (TPSA) is 100 Å². The zero-order valence-electron chi connectivity index (χ0n) is 30.4. The lowest BCUT2D eigenvalue weighted by molar-refractivity contribution is -0.0562. The summed E-state index contributed by atoms with van der Waals surface area (Å²) >= 11 is 0. The van der Waals surface area contributed by atoms with Gasteiger partial charge < -0.3 is 24.4 Å². The second kappa shape index (κ2) is 16.0. The Morgan fingerprint density at radius 3 is 1.86 bits per heavy atom. The zero-order chi connectivity index (χ0) is 35.5. The van der Waals surface area contributed by atoms with Crippen LogP contribution in [-0.4, -0.2) is 88.8 Å². The van der Waals surface area contributed by atoms with Crippen LogP contribution in [0.4, 0.5) is 0 Å². The van der Waals surface area contributed by atoms with Gasteiger partial charge in [-0.3, -0.25) is 19.8 Å². The zero-order valence-corrected chi connectivity index (χ0v) is 30.4. The van der Waals surface area contributed by atoms with E-state index in [2.05, 4.69) is 39.3 Å². The molecule has 272 valence electrons. The van der Waals surface area contributed by atoms with Gasteiger partial charge >= 0.3 is 0 Å². The molecule has 6 saturated heterocycles. The molecule has 2 N–H and O–H groups in total. The third-order valence-electron chi connectivity index (χ3n) is 12.1. The molecule has 6 aliphatic heterocycles. The van der Waals surface area contributed by atoms with Crippen LogP contribution in [0.2, 0.25) is 0 Å².